The molecule has 3 nitrogen and oxygen atoms in total. The van der Waals surface area contributed by atoms with Crippen molar-refractivity contribution in [3.05, 3.63) is 52.2 Å². The first-order valence-corrected chi connectivity index (χ1v) is 8.24. The van der Waals surface area contributed by atoms with Crippen LogP contribution in [-0.4, -0.2) is 18.5 Å². The molecule has 0 aliphatic heterocycles. The molecule has 2 aromatic rings. The SMILES string of the molecule is CCCNc1ccccc1C(=O)NC(C)Cc1cccs1. The van der Waals surface area contributed by atoms with Crippen LogP contribution in [0.2, 0.25) is 0 Å². The van der Waals surface area contributed by atoms with Crippen molar-refractivity contribution in [3.8, 4) is 0 Å². The van der Waals surface area contributed by atoms with E-state index in [1.165, 1.54) is 4.88 Å². The molecule has 1 aromatic heterocycles. The van der Waals surface area contributed by atoms with Crippen LogP contribution in [0.1, 0.15) is 35.5 Å². The third kappa shape index (κ3) is 4.60. The number of hydrogen-bond acceptors (Lipinski definition) is 3. The van der Waals surface area contributed by atoms with Gasteiger partial charge < -0.3 is 10.6 Å². The zero-order valence-electron chi connectivity index (χ0n) is 12.6. The maximum absolute atomic E-state index is 12.4. The van der Waals surface area contributed by atoms with E-state index in [-0.39, 0.29) is 11.9 Å². The minimum Gasteiger partial charge on any atom is -0.384 e. The van der Waals surface area contributed by atoms with E-state index < -0.39 is 0 Å². The van der Waals surface area contributed by atoms with Crippen molar-refractivity contribution in [2.45, 2.75) is 32.7 Å². The van der Waals surface area contributed by atoms with Crippen LogP contribution in [-0.2, 0) is 6.42 Å². The largest absolute Gasteiger partial charge is 0.384 e. The molecule has 2 N–H and O–H groups in total. The van der Waals surface area contributed by atoms with Crippen molar-refractivity contribution in [1.82, 2.24) is 5.32 Å². The Morgan fingerprint density at radius 3 is 2.76 bits per heavy atom. The van der Waals surface area contributed by atoms with E-state index in [9.17, 15) is 4.79 Å². The van der Waals surface area contributed by atoms with Gasteiger partial charge in [-0.2, -0.15) is 0 Å². The summed E-state index contributed by atoms with van der Waals surface area (Å²) >= 11 is 1.72. The number of amides is 1. The number of thiophene rings is 1. The van der Waals surface area contributed by atoms with E-state index in [0.717, 1.165) is 25.1 Å². The van der Waals surface area contributed by atoms with Crippen LogP contribution in [0.5, 0.6) is 0 Å². The number of hydrogen-bond donors (Lipinski definition) is 2. The Kier molecular flexibility index (Phi) is 5.81. The van der Waals surface area contributed by atoms with Gasteiger partial charge in [0.25, 0.3) is 5.91 Å². The van der Waals surface area contributed by atoms with Crippen molar-refractivity contribution < 1.29 is 4.79 Å². The molecular formula is C17H22N2OS. The smallest absolute Gasteiger partial charge is 0.253 e. The van der Waals surface area contributed by atoms with Gasteiger partial charge >= 0.3 is 0 Å². The van der Waals surface area contributed by atoms with Crippen LogP contribution in [0.15, 0.2) is 41.8 Å². The molecule has 0 spiro atoms. The number of benzene rings is 1. The molecule has 0 radical (unpaired) electrons. The van der Waals surface area contributed by atoms with Gasteiger partial charge in [-0.1, -0.05) is 25.1 Å². The Morgan fingerprint density at radius 2 is 2.05 bits per heavy atom. The van der Waals surface area contributed by atoms with Crippen LogP contribution in [0.4, 0.5) is 5.69 Å². The molecule has 1 unspecified atom stereocenters. The first-order chi connectivity index (χ1) is 10.2. The molecule has 0 saturated carbocycles. The van der Waals surface area contributed by atoms with Gasteiger partial charge in [-0.15, -0.1) is 11.3 Å². The zero-order chi connectivity index (χ0) is 15.1. The molecule has 0 bridgehead atoms. The molecule has 0 aliphatic rings. The van der Waals surface area contributed by atoms with E-state index in [4.69, 9.17) is 0 Å². The topological polar surface area (TPSA) is 41.1 Å². The van der Waals surface area contributed by atoms with Gasteiger partial charge in [0.1, 0.15) is 0 Å². The van der Waals surface area contributed by atoms with Gasteiger partial charge in [0.2, 0.25) is 0 Å². The molecule has 2 rings (SSSR count). The summed E-state index contributed by atoms with van der Waals surface area (Å²) in [6.45, 7) is 5.02. The van der Waals surface area contributed by atoms with Crippen molar-refractivity contribution >= 4 is 22.9 Å². The Bertz CT molecular complexity index is 566. The Morgan fingerprint density at radius 1 is 1.24 bits per heavy atom. The van der Waals surface area contributed by atoms with E-state index in [0.29, 0.717) is 5.56 Å². The maximum atomic E-state index is 12.4. The minimum absolute atomic E-state index is 0.0155. The minimum atomic E-state index is -0.0155. The molecule has 21 heavy (non-hydrogen) atoms. The van der Waals surface area contributed by atoms with Crippen molar-refractivity contribution in [2.24, 2.45) is 0 Å². The normalized spacial score (nSPS) is 11.9. The average molecular weight is 302 g/mol. The third-order valence-electron chi connectivity index (χ3n) is 3.20. The van der Waals surface area contributed by atoms with E-state index in [1.54, 1.807) is 11.3 Å². The lowest BCUT2D eigenvalue weighted by atomic mass is 10.1. The first kappa shape index (κ1) is 15.6. The summed E-state index contributed by atoms with van der Waals surface area (Å²) in [5.41, 5.74) is 1.61. The Labute approximate surface area is 130 Å². The highest BCUT2D eigenvalue weighted by atomic mass is 32.1. The Hall–Kier alpha value is -1.81. The molecule has 1 amide bonds. The quantitative estimate of drug-likeness (QED) is 0.813. The van der Waals surface area contributed by atoms with Crippen molar-refractivity contribution in [2.75, 3.05) is 11.9 Å². The molecule has 112 valence electrons. The molecule has 1 atom stereocenters. The van der Waals surface area contributed by atoms with Crippen molar-refractivity contribution in [3.63, 3.8) is 0 Å². The summed E-state index contributed by atoms with van der Waals surface area (Å²) in [5.74, 6) is -0.0155. The Balaban J connectivity index is 1.99. The van der Waals surface area contributed by atoms with E-state index in [1.807, 2.05) is 37.3 Å². The van der Waals surface area contributed by atoms with Crippen molar-refractivity contribution in [1.29, 1.82) is 0 Å². The second-order valence-electron chi connectivity index (χ2n) is 5.13. The molecule has 1 heterocycles. The molecule has 1 aromatic carbocycles. The summed E-state index contributed by atoms with van der Waals surface area (Å²) in [5, 5.41) is 8.45. The highest BCUT2D eigenvalue weighted by Gasteiger charge is 2.13. The average Bonchev–Trinajstić information content (AvgIpc) is 2.98. The lowest BCUT2D eigenvalue weighted by Gasteiger charge is -2.15. The zero-order valence-corrected chi connectivity index (χ0v) is 13.4. The third-order valence-corrected chi connectivity index (χ3v) is 4.10. The van der Waals surface area contributed by atoms with Gasteiger partial charge in [-0.05, 0) is 36.9 Å². The number of anilines is 1. The lowest BCUT2D eigenvalue weighted by Crippen LogP contribution is -2.34. The maximum Gasteiger partial charge on any atom is 0.253 e. The summed E-state index contributed by atoms with van der Waals surface area (Å²) in [6.07, 6.45) is 1.90. The van der Waals surface area contributed by atoms with E-state index in [2.05, 4.69) is 29.0 Å². The van der Waals surface area contributed by atoms with E-state index >= 15 is 0 Å². The molecule has 4 heteroatoms. The molecular weight excluding hydrogens is 280 g/mol. The van der Waals surface area contributed by atoms with Gasteiger partial charge in [-0.25, -0.2) is 0 Å². The molecule has 0 fully saturated rings. The van der Waals surface area contributed by atoms with Crippen LogP contribution < -0.4 is 10.6 Å². The fraction of sp³-hybridized carbons (Fsp3) is 0.353. The van der Waals surface area contributed by atoms with Crippen LogP contribution in [0.3, 0.4) is 0 Å². The number of rotatable bonds is 7. The first-order valence-electron chi connectivity index (χ1n) is 7.37. The summed E-state index contributed by atoms with van der Waals surface area (Å²) in [6, 6.07) is 11.9. The highest BCUT2D eigenvalue weighted by Crippen LogP contribution is 2.16. The summed E-state index contributed by atoms with van der Waals surface area (Å²) in [7, 11) is 0. The lowest BCUT2D eigenvalue weighted by molar-refractivity contribution is 0.0941. The van der Waals surface area contributed by atoms with Gasteiger partial charge in [0.15, 0.2) is 0 Å². The summed E-state index contributed by atoms with van der Waals surface area (Å²) < 4.78 is 0. The van der Waals surface area contributed by atoms with Gasteiger partial charge in [0, 0.05) is 29.6 Å². The van der Waals surface area contributed by atoms with Crippen LogP contribution in [0.25, 0.3) is 0 Å². The number of para-hydroxylation sites is 1. The second kappa shape index (κ2) is 7.84. The number of nitrogens with one attached hydrogen (secondary N) is 2. The number of carbonyl (C=O) groups excluding carboxylic acids is 1. The number of carbonyl (C=O) groups is 1. The summed E-state index contributed by atoms with van der Waals surface area (Å²) in [4.78, 5) is 13.7. The molecule has 0 aliphatic carbocycles. The highest BCUT2D eigenvalue weighted by molar-refractivity contribution is 7.09. The van der Waals surface area contributed by atoms with Crippen LogP contribution >= 0.6 is 11.3 Å². The monoisotopic (exact) mass is 302 g/mol. The fourth-order valence-electron chi connectivity index (χ4n) is 2.18. The fourth-order valence-corrected chi connectivity index (χ4v) is 3.01. The second-order valence-corrected chi connectivity index (χ2v) is 6.16. The van der Waals surface area contributed by atoms with Gasteiger partial charge in [0.05, 0.1) is 5.56 Å². The predicted octanol–water partition coefficient (Wildman–Crippen LogP) is 3.93. The van der Waals surface area contributed by atoms with Crippen LogP contribution in [0, 0.1) is 0 Å². The molecule has 0 saturated heterocycles. The predicted molar refractivity (Wildman–Crippen MR) is 90.2 cm³/mol. The van der Waals surface area contributed by atoms with Gasteiger partial charge in [-0.3, -0.25) is 4.79 Å². The standard InChI is InChI=1S/C17H22N2OS/c1-3-10-18-16-9-5-4-8-15(16)17(20)19-13(2)12-14-7-6-11-21-14/h4-9,11,13,18H,3,10,12H2,1-2H3,(H,19,20).